The standard InChI is InChI=1S/C19H27F2N5O3/c1-4-22-19(23-10-9-16-25-17(12(2)3)26-29-16)24-11-15(27)13-5-7-14(8-6-13)28-18(20)21/h5-8,12,15,18,27H,4,9-11H2,1-3H3,(H2,22,23,24). The number of nitrogens with zero attached hydrogens (tertiary/aromatic N) is 3. The van der Waals surface area contributed by atoms with Gasteiger partial charge >= 0.3 is 6.61 Å². The molecule has 0 aliphatic heterocycles. The Kier molecular flexibility index (Phi) is 8.78. The molecule has 0 amide bonds. The molecule has 1 unspecified atom stereocenters. The van der Waals surface area contributed by atoms with Crippen LogP contribution >= 0.6 is 0 Å². The third kappa shape index (κ3) is 7.65. The van der Waals surface area contributed by atoms with Crippen molar-refractivity contribution in [2.45, 2.75) is 45.8 Å². The Balaban J connectivity index is 1.86. The van der Waals surface area contributed by atoms with E-state index in [0.717, 1.165) is 0 Å². The molecule has 2 aromatic rings. The summed E-state index contributed by atoms with van der Waals surface area (Å²) in [5.74, 6) is 2.00. The van der Waals surface area contributed by atoms with Gasteiger partial charge in [-0.15, -0.1) is 0 Å². The second-order valence-electron chi connectivity index (χ2n) is 6.56. The SMILES string of the molecule is CCNC(=NCC(O)c1ccc(OC(F)F)cc1)NCCc1nc(C(C)C)no1. The molecule has 0 spiro atoms. The van der Waals surface area contributed by atoms with Crippen LogP contribution in [0.4, 0.5) is 8.78 Å². The molecule has 0 bridgehead atoms. The lowest BCUT2D eigenvalue weighted by atomic mass is 10.1. The maximum atomic E-state index is 12.2. The first-order chi connectivity index (χ1) is 13.9. The van der Waals surface area contributed by atoms with Gasteiger partial charge < -0.3 is 25.0 Å². The lowest BCUT2D eigenvalue weighted by molar-refractivity contribution is -0.0498. The van der Waals surface area contributed by atoms with Gasteiger partial charge in [-0.05, 0) is 24.6 Å². The second kappa shape index (κ2) is 11.3. The fourth-order valence-corrected chi connectivity index (χ4v) is 2.39. The van der Waals surface area contributed by atoms with Gasteiger partial charge in [-0.25, -0.2) is 0 Å². The Morgan fingerprint density at radius 2 is 1.97 bits per heavy atom. The van der Waals surface area contributed by atoms with Crippen molar-refractivity contribution in [2.24, 2.45) is 4.99 Å². The van der Waals surface area contributed by atoms with E-state index in [-0.39, 0.29) is 18.2 Å². The van der Waals surface area contributed by atoms with Crippen LogP contribution < -0.4 is 15.4 Å². The summed E-state index contributed by atoms with van der Waals surface area (Å²) in [6, 6.07) is 5.82. The summed E-state index contributed by atoms with van der Waals surface area (Å²) in [6.07, 6.45) is -0.339. The molecule has 29 heavy (non-hydrogen) atoms. The average Bonchev–Trinajstić information content (AvgIpc) is 3.15. The Bertz CT molecular complexity index is 765. The van der Waals surface area contributed by atoms with Gasteiger partial charge in [0.15, 0.2) is 11.8 Å². The fraction of sp³-hybridized carbons (Fsp3) is 0.526. The molecular formula is C19H27F2N5O3. The molecule has 2 rings (SSSR count). The summed E-state index contributed by atoms with van der Waals surface area (Å²) < 4.78 is 33.9. The zero-order valence-corrected chi connectivity index (χ0v) is 16.7. The number of alkyl halides is 2. The summed E-state index contributed by atoms with van der Waals surface area (Å²) >= 11 is 0. The van der Waals surface area contributed by atoms with Crippen LogP contribution in [0.3, 0.4) is 0 Å². The molecule has 160 valence electrons. The van der Waals surface area contributed by atoms with Crippen LogP contribution in [0.25, 0.3) is 0 Å². The van der Waals surface area contributed by atoms with Crippen molar-refractivity contribution in [3.63, 3.8) is 0 Å². The van der Waals surface area contributed by atoms with Crippen molar-refractivity contribution in [3.8, 4) is 5.75 Å². The van der Waals surface area contributed by atoms with Crippen LogP contribution in [-0.2, 0) is 6.42 Å². The smallest absolute Gasteiger partial charge is 0.387 e. The van der Waals surface area contributed by atoms with Gasteiger partial charge in [-0.2, -0.15) is 13.8 Å². The average molecular weight is 411 g/mol. The fourth-order valence-electron chi connectivity index (χ4n) is 2.39. The Morgan fingerprint density at radius 3 is 2.55 bits per heavy atom. The molecule has 3 N–H and O–H groups in total. The topological polar surface area (TPSA) is 105 Å². The van der Waals surface area contributed by atoms with Gasteiger partial charge in [0.1, 0.15) is 5.75 Å². The van der Waals surface area contributed by atoms with Gasteiger partial charge in [0, 0.05) is 25.4 Å². The molecule has 1 aromatic carbocycles. The molecule has 0 saturated heterocycles. The van der Waals surface area contributed by atoms with E-state index < -0.39 is 12.7 Å². The molecule has 8 nitrogen and oxygen atoms in total. The first-order valence-electron chi connectivity index (χ1n) is 9.46. The lowest BCUT2D eigenvalue weighted by Crippen LogP contribution is -2.38. The first-order valence-corrected chi connectivity index (χ1v) is 9.46. The number of aliphatic imine (C=N–C) groups is 1. The Hall–Kier alpha value is -2.75. The minimum absolute atomic E-state index is 0.0381. The third-order valence-corrected chi connectivity index (χ3v) is 3.89. The highest BCUT2D eigenvalue weighted by Gasteiger charge is 2.11. The van der Waals surface area contributed by atoms with Crippen LogP contribution in [0.2, 0.25) is 0 Å². The third-order valence-electron chi connectivity index (χ3n) is 3.89. The van der Waals surface area contributed by atoms with E-state index in [9.17, 15) is 13.9 Å². The molecule has 10 heteroatoms. The zero-order valence-electron chi connectivity index (χ0n) is 16.7. The number of aliphatic hydroxyl groups excluding tert-OH is 1. The summed E-state index contributed by atoms with van der Waals surface area (Å²) in [7, 11) is 0. The molecule has 0 aliphatic carbocycles. The molecule has 0 aliphatic rings. The number of aromatic nitrogens is 2. The predicted molar refractivity (Wildman–Crippen MR) is 104 cm³/mol. The largest absolute Gasteiger partial charge is 0.435 e. The number of hydrogen-bond donors (Lipinski definition) is 3. The van der Waals surface area contributed by atoms with Gasteiger partial charge in [0.05, 0.1) is 12.6 Å². The lowest BCUT2D eigenvalue weighted by Gasteiger charge is -2.13. The number of guanidine groups is 1. The number of ether oxygens (including phenoxy) is 1. The van der Waals surface area contributed by atoms with Crippen LogP contribution in [0.15, 0.2) is 33.8 Å². The maximum absolute atomic E-state index is 12.2. The quantitative estimate of drug-likeness (QED) is 0.408. The molecular weight excluding hydrogens is 384 g/mol. The van der Waals surface area contributed by atoms with E-state index >= 15 is 0 Å². The number of nitrogens with one attached hydrogen (secondary N) is 2. The van der Waals surface area contributed by atoms with Crippen molar-refractivity contribution < 1.29 is 23.1 Å². The van der Waals surface area contributed by atoms with Crippen molar-refractivity contribution in [2.75, 3.05) is 19.6 Å². The summed E-state index contributed by atoms with van der Waals surface area (Å²) in [5, 5.41) is 20.4. The van der Waals surface area contributed by atoms with Gasteiger partial charge in [-0.1, -0.05) is 31.1 Å². The zero-order chi connectivity index (χ0) is 21.2. The van der Waals surface area contributed by atoms with Crippen molar-refractivity contribution in [1.29, 1.82) is 0 Å². The van der Waals surface area contributed by atoms with Gasteiger partial charge in [-0.3, -0.25) is 4.99 Å². The highest BCUT2D eigenvalue weighted by atomic mass is 19.3. The van der Waals surface area contributed by atoms with Crippen LogP contribution in [0.5, 0.6) is 5.75 Å². The van der Waals surface area contributed by atoms with E-state index in [4.69, 9.17) is 4.52 Å². The van der Waals surface area contributed by atoms with E-state index in [1.807, 2.05) is 20.8 Å². The minimum atomic E-state index is -2.88. The summed E-state index contributed by atoms with van der Waals surface area (Å²) in [6.45, 7) is 4.32. The minimum Gasteiger partial charge on any atom is -0.435 e. The number of rotatable bonds is 10. The van der Waals surface area contributed by atoms with Gasteiger partial charge in [0.2, 0.25) is 5.89 Å². The Labute approximate surface area is 168 Å². The molecule has 0 saturated carbocycles. The summed E-state index contributed by atoms with van der Waals surface area (Å²) in [5.41, 5.74) is 0.554. The highest BCUT2D eigenvalue weighted by molar-refractivity contribution is 5.79. The van der Waals surface area contributed by atoms with Crippen LogP contribution in [0.1, 0.15) is 50.1 Å². The molecule has 1 atom stereocenters. The molecule has 1 aromatic heterocycles. The highest BCUT2D eigenvalue weighted by Crippen LogP contribution is 2.19. The van der Waals surface area contributed by atoms with Crippen molar-refractivity contribution >= 4 is 5.96 Å². The van der Waals surface area contributed by atoms with Crippen molar-refractivity contribution in [3.05, 3.63) is 41.5 Å². The van der Waals surface area contributed by atoms with E-state index in [1.165, 1.54) is 24.3 Å². The number of hydrogen-bond acceptors (Lipinski definition) is 6. The number of benzene rings is 1. The second-order valence-corrected chi connectivity index (χ2v) is 6.56. The number of halogens is 2. The summed E-state index contributed by atoms with van der Waals surface area (Å²) in [4.78, 5) is 8.67. The van der Waals surface area contributed by atoms with E-state index in [0.29, 0.717) is 42.7 Å². The monoisotopic (exact) mass is 411 g/mol. The molecule has 1 heterocycles. The van der Waals surface area contributed by atoms with Crippen molar-refractivity contribution in [1.82, 2.24) is 20.8 Å². The van der Waals surface area contributed by atoms with E-state index in [1.54, 1.807) is 0 Å². The molecule has 0 radical (unpaired) electrons. The molecule has 0 fully saturated rings. The normalized spacial score (nSPS) is 13.0. The maximum Gasteiger partial charge on any atom is 0.387 e. The van der Waals surface area contributed by atoms with E-state index in [2.05, 4.69) is 30.5 Å². The Morgan fingerprint density at radius 1 is 1.24 bits per heavy atom. The number of aliphatic hydroxyl groups is 1. The van der Waals surface area contributed by atoms with Gasteiger partial charge in [0.25, 0.3) is 0 Å². The van der Waals surface area contributed by atoms with Crippen LogP contribution in [0, 0.1) is 0 Å². The first kappa shape index (κ1) is 22.5. The van der Waals surface area contributed by atoms with Crippen LogP contribution in [-0.4, -0.2) is 47.5 Å². The predicted octanol–water partition coefficient (Wildman–Crippen LogP) is 2.63.